The van der Waals surface area contributed by atoms with Crippen LogP contribution in [0.3, 0.4) is 0 Å². The molecule has 7 heteroatoms. The van der Waals surface area contributed by atoms with Crippen molar-refractivity contribution < 1.29 is 4.74 Å². The zero-order chi connectivity index (χ0) is 15.9. The average molecular weight is 299 g/mol. The van der Waals surface area contributed by atoms with E-state index < -0.39 is 0 Å². The van der Waals surface area contributed by atoms with E-state index >= 15 is 0 Å². The quantitative estimate of drug-likeness (QED) is 0.768. The highest BCUT2D eigenvalue weighted by Gasteiger charge is 2.18. The molecule has 0 amide bonds. The number of ether oxygens (including phenoxy) is 1. The lowest BCUT2D eigenvalue weighted by Gasteiger charge is -2.03. The van der Waals surface area contributed by atoms with Gasteiger partial charge in [0.15, 0.2) is 0 Å². The van der Waals surface area contributed by atoms with Gasteiger partial charge in [0, 0.05) is 19.5 Å². The van der Waals surface area contributed by atoms with Gasteiger partial charge < -0.3 is 4.74 Å². The molecule has 2 N–H and O–H groups in total. The Morgan fingerprint density at radius 1 is 1.50 bits per heavy atom. The minimum absolute atomic E-state index is 0.137. The average Bonchev–Trinajstić information content (AvgIpc) is 3.02. The third-order valence-corrected chi connectivity index (χ3v) is 3.62. The number of hydrogen-bond donors (Lipinski definition) is 2. The fraction of sp³-hybridized carbons (Fsp3) is 0.267. The molecule has 7 nitrogen and oxygen atoms in total. The normalized spacial score (nSPS) is 11.2. The largest absolute Gasteiger partial charge is 0.378 e. The molecule has 0 aliphatic carbocycles. The van der Waals surface area contributed by atoms with Gasteiger partial charge >= 0.3 is 0 Å². The maximum Gasteiger partial charge on any atom is 0.276 e. The first-order valence-electron chi connectivity index (χ1n) is 6.82. The van der Waals surface area contributed by atoms with E-state index in [0.717, 1.165) is 22.3 Å². The van der Waals surface area contributed by atoms with Gasteiger partial charge in [0.2, 0.25) is 0 Å². The van der Waals surface area contributed by atoms with Gasteiger partial charge in [-0.3, -0.25) is 24.7 Å². The summed E-state index contributed by atoms with van der Waals surface area (Å²) in [6, 6.07) is 1.85. The van der Waals surface area contributed by atoms with Crippen molar-refractivity contribution in [2.45, 2.75) is 13.5 Å². The number of aryl methyl sites for hydroxylation is 2. The van der Waals surface area contributed by atoms with Crippen molar-refractivity contribution in [2.24, 2.45) is 7.05 Å². The second-order valence-electron chi connectivity index (χ2n) is 5.09. The van der Waals surface area contributed by atoms with Crippen LogP contribution in [0.15, 0.2) is 17.4 Å². The van der Waals surface area contributed by atoms with Crippen LogP contribution in [-0.4, -0.2) is 32.1 Å². The first-order chi connectivity index (χ1) is 10.6. The van der Waals surface area contributed by atoms with Crippen molar-refractivity contribution in [3.8, 4) is 11.3 Å². The smallest absolute Gasteiger partial charge is 0.276 e. The number of hydrogen-bond acceptors (Lipinski definition) is 4. The molecule has 3 heterocycles. The Morgan fingerprint density at radius 3 is 2.95 bits per heavy atom. The molecule has 0 fully saturated rings. The van der Waals surface area contributed by atoms with Gasteiger partial charge in [0.05, 0.1) is 34.9 Å². The molecule has 0 aliphatic heterocycles. The van der Waals surface area contributed by atoms with Crippen molar-refractivity contribution in [3.05, 3.63) is 40.1 Å². The summed E-state index contributed by atoms with van der Waals surface area (Å²) in [5, 5.41) is 11.0. The summed E-state index contributed by atoms with van der Waals surface area (Å²) in [6.07, 6.45) is 1.70. The lowest BCUT2D eigenvalue weighted by molar-refractivity contribution is 0.181. The molecule has 3 aromatic heterocycles. The monoisotopic (exact) mass is 299 g/mol. The lowest BCUT2D eigenvalue weighted by atomic mass is 10.1. The summed E-state index contributed by atoms with van der Waals surface area (Å²) in [5.74, 6) is 0. The Labute approximate surface area is 126 Å². The lowest BCUT2D eigenvalue weighted by Crippen LogP contribution is -2.13. The number of aromatic nitrogens is 5. The van der Waals surface area contributed by atoms with E-state index in [2.05, 4.69) is 26.9 Å². The fourth-order valence-corrected chi connectivity index (χ4v) is 2.59. The predicted octanol–water partition coefficient (Wildman–Crippen LogP) is 1.75. The molecule has 0 radical (unpaired) electrons. The Kier molecular flexibility index (Phi) is 3.42. The molecule has 114 valence electrons. The second kappa shape index (κ2) is 5.27. The number of nitrogens with one attached hydrogen (secondary N) is 2. The number of aromatic amines is 2. The Balaban J connectivity index is 2.31. The molecular formula is C15H17N5O2. The van der Waals surface area contributed by atoms with Gasteiger partial charge in [-0.2, -0.15) is 5.10 Å². The fourth-order valence-electron chi connectivity index (χ4n) is 2.59. The van der Waals surface area contributed by atoms with Gasteiger partial charge in [0.1, 0.15) is 5.52 Å². The van der Waals surface area contributed by atoms with Gasteiger partial charge in [-0.25, -0.2) is 0 Å². The second-order valence-corrected chi connectivity index (χ2v) is 5.09. The van der Waals surface area contributed by atoms with Crippen LogP contribution in [0.1, 0.15) is 17.1 Å². The highest BCUT2D eigenvalue weighted by atomic mass is 16.5. The first kappa shape index (κ1) is 14.3. The van der Waals surface area contributed by atoms with Crippen LogP contribution in [0.2, 0.25) is 0 Å². The van der Waals surface area contributed by atoms with Gasteiger partial charge in [-0.1, -0.05) is 6.58 Å². The number of H-pyrrole nitrogens is 2. The maximum atomic E-state index is 12.4. The number of rotatable bonds is 4. The van der Waals surface area contributed by atoms with Crippen LogP contribution in [0.5, 0.6) is 0 Å². The number of pyridine rings is 1. The molecule has 3 rings (SSSR count). The summed E-state index contributed by atoms with van der Waals surface area (Å²) in [4.78, 5) is 16.9. The van der Waals surface area contributed by atoms with Gasteiger partial charge in [-0.05, 0) is 19.1 Å². The molecule has 0 aromatic carbocycles. The Bertz CT molecular complexity index is 916. The highest BCUT2D eigenvalue weighted by molar-refractivity contribution is 5.90. The van der Waals surface area contributed by atoms with E-state index in [1.165, 1.54) is 4.68 Å². The van der Waals surface area contributed by atoms with E-state index in [9.17, 15) is 4.79 Å². The van der Waals surface area contributed by atoms with Crippen LogP contribution in [0, 0.1) is 6.92 Å². The molecule has 0 spiro atoms. The van der Waals surface area contributed by atoms with E-state index in [1.807, 2.05) is 13.0 Å². The minimum atomic E-state index is -0.137. The summed E-state index contributed by atoms with van der Waals surface area (Å²) < 4.78 is 6.59. The van der Waals surface area contributed by atoms with Gasteiger partial charge in [-0.15, -0.1) is 0 Å². The molecular weight excluding hydrogens is 282 g/mol. The molecule has 0 atom stereocenters. The van der Waals surface area contributed by atoms with Crippen LogP contribution < -0.4 is 5.56 Å². The number of fused-ring (bicyclic) bond motifs is 1. The predicted molar refractivity (Wildman–Crippen MR) is 84.5 cm³/mol. The minimum Gasteiger partial charge on any atom is -0.378 e. The van der Waals surface area contributed by atoms with E-state index in [4.69, 9.17) is 4.74 Å². The zero-order valence-electron chi connectivity index (χ0n) is 12.7. The van der Waals surface area contributed by atoms with Crippen LogP contribution in [0.4, 0.5) is 0 Å². The van der Waals surface area contributed by atoms with Crippen LogP contribution >= 0.6 is 0 Å². The van der Waals surface area contributed by atoms with Crippen molar-refractivity contribution in [3.63, 3.8) is 0 Å². The standard InChI is InChI=1S/C15H17N5O2/c1-5-10-9-6-11(16-8(2)14(9)18-17-10)13-12(7-22-4)19-20(3)15(13)21/h5-6,19H,1,7H2,2-4H3,(H,17,18). The zero-order valence-corrected chi connectivity index (χ0v) is 12.7. The molecule has 0 unspecified atom stereocenters. The van der Waals surface area contributed by atoms with Crippen LogP contribution in [-0.2, 0) is 18.4 Å². The molecule has 22 heavy (non-hydrogen) atoms. The maximum absolute atomic E-state index is 12.4. The molecule has 0 bridgehead atoms. The van der Waals surface area contributed by atoms with E-state index in [0.29, 0.717) is 23.6 Å². The van der Waals surface area contributed by atoms with E-state index in [1.54, 1.807) is 20.2 Å². The number of nitrogens with zero attached hydrogens (tertiary/aromatic N) is 3. The van der Waals surface area contributed by atoms with Crippen molar-refractivity contribution in [2.75, 3.05) is 7.11 Å². The third kappa shape index (κ3) is 2.06. The van der Waals surface area contributed by atoms with Crippen LogP contribution in [0.25, 0.3) is 28.2 Å². The summed E-state index contributed by atoms with van der Waals surface area (Å²) in [5.41, 5.74) is 4.02. The van der Waals surface area contributed by atoms with E-state index in [-0.39, 0.29) is 5.56 Å². The van der Waals surface area contributed by atoms with Crippen molar-refractivity contribution in [1.29, 1.82) is 0 Å². The first-order valence-corrected chi connectivity index (χ1v) is 6.82. The SMILES string of the molecule is C=Cc1[nH]nc2c(C)nc(-c3c(COC)[nH]n(C)c3=O)cc12. The Morgan fingerprint density at radius 2 is 2.27 bits per heavy atom. The highest BCUT2D eigenvalue weighted by Crippen LogP contribution is 2.26. The molecule has 3 aromatic rings. The summed E-state index contributed by atoms with van der Waals surface area (Å²) in [6.45, 7) is 5.95. The molecule has 0 saturated heterocycles. The topological polar surface area (TPSA) is 88.6 Å². The summed E-state index contributed by atoms with van der Waals surface area (Å²) in [7, 11) is 3.26. The number of methoxy groups -OCH3 is 1. The Hall–Kier alpha value is -2.67. The third-order valence-electron chi connectivity index (χ3n) is 3.62. The summed E-state index contributed by atoms with van der Waals surface area (Å²) >= 11 is 0. The molecule has 0 saturated carbocycles. The molecule has 0 aliphatic rings. The van der Waals surface area contributed by atoms with Gasteiger partial charge in [0.25, 0.3) is 5.56 Å². The van der Waals surface area contributed by atoms with Crippen molar-refractivity contribution in [1.82, 2.24) is 25.0 Å². The van der Waals surface area contributed by atoms with Crippen molar-refractivity contribution >= 4 is 17.0 Å².